The molecule has 0 unspecified atom stereocenters. The SMILES string of the molecule is Cl.c1cc2ccc3ccc(CNCCCN4CCOCC4)c4ccc(c1)c2c34. The second-order valence-corrected chi connectivity index (χ2v) is 7.57. The molecule has 4 heteroatoms. The summed E-state index contributed by atoms with van der Waals surface area (Å²) in [5.74, 6) is 0. The Hall–Kier alpha value is -1.91. The number of ether oxygens (including phenoxy) is 1. The highest BCUT2D eigenvalue weighted by atomic mass is 35.5. The molecule has 3 nitrogen and oxygen atoms in total. The predicted octanol–water partition coefficient (Wildman–Crippen LogP) is 4.82. The highest BCUT2D eigenvalue weighted by Crippen LogP contribution is 2.35. The second kappa shape index (κ2) is 8.62. The third kappa shape index (κ3) is 3.68. The van der Waals surface area contributed by atoms with E-state index < -0.39 is 0 Å². The summed E-state index contributed by atoms with van der Waals surface area (Å²) in [6, 6.07) is 20.2. The molecule has 0 bridgehead atoms. The molecule has 0 spiro atoms. The third-order valence-corrected chi connectivity index (χ3v) is 5.87. The van der Waals surface area contributed by atoms with Crippen molar-refractivity contribution in [2.45, 2.75) is 13.0 Å². The molecule has 1 saturated heterocycles. The van der Waals surface area contributed by atoms with E-state index in [1.54, 1.807) is 0 Å². The zero-order valence-corrected chi connectivity index (χ0v) is 16.9. The molecule has 4 aromatic carbocycles. The number of rotatable bonds is 6. The largest absolute Gasteiger partial charge is 0.379 e. The van der Waals surface area contributed by atoms with E-state index in [-0.39, 0.29) is 12.4 Å². The van der Waals surface area contributed by atoms with Crippen molar-refractivity contribution in [3.63, 3.8) is 0 Å². The van der Waals surface area contributed by atoms with E-state index >= 15 is 0 Å². The number of nitrogens with one attached hydrogen (secondary N) is 1. The van der Waals surface area contributed by atoms with E-state index in [0.717, 1.165) is 45.9 Å². The second-order valence-electron chi connectivity index (χ2n) is 7.57. The fraction of sp³-hybridized carbons (Fsp3) is 0.333. The Morgan fingerprint density at radius 2 is 1.50 bits per heavy atom. The number of halogens is 1. The van der Waals surface area contributed by atoms with Crippen LogP contribution in [0.4, 0.5) is 0 Å². The van der Waals surface area contributed by atoms with Crippen molar-refractivity contribution >= 4 is 44.7 Å². The quantitative estimate of drug-likeness (QED) is 0.375. The van der Waals surface area contributed by atoms with Crippen LogP contribution in [0.3, 0.4) is 0 Å². The summed E-state index contributed by atoms with van der Waals surface area (Å²) in [6.07, 6.45) is 1.19. The standard InChI is InChI=1S/C24H26N2O.ClH/c1-3-18-5-6-20-7-8-21(22-10-9-19(4-1)23(18)24(20)22)17-25-11-2-12-26-13-15-27-16-14-26;/h1,3-10,25H,2,11-17H2;1H. The molecule has 0 aliphatic carbocycles. The molecule has 1 aliphatic heterocycles. The zero-order chi connectivity index (χ0) is 18.1. The maximum absolute atomic E-state index is 5.42. The van der Waals surface area contributed by atoms with Crippen LogP contribution in [0.2, 0.25) is 0 Å². The lowest BCUT2D eigenvalue weighted by Crippen LogP contribution is -2.37. The predicted molar refractivity (Wildman–Crippen MR) is 121 cm³/mol. The minimum atomic E-state index is 0. The normalized spacial score (nSPS) is 15.4. The highest BCUT2D eigenvalue weighted by Gasteiger charge is 2.11. The van der Waals surface area contributed by atoms with Gasteiger partial charge in [0.2, 0.25) is 0 Å². The van der Waals surface area contributed by atoms with Gasteiger partial charge in [-0.25, -0.2) is 0 Å². The first-order valence-corrected chi connectivity index (χ1v) is 10.1. The van der Waals surface area contributed by atoms with Gasteiger partial charge in [0, 0.05) is 19.6 Å². The van der Waals surface area contributed by atoms with Crippen LogP contribution in [-0.2, 0) is 11.3 Å². The Labute approximate surface area is 172 Å². The number of hydrogen-bond donors (Lipinski definition) is 1. The van der Waals surface area contributed by atoms with Crippen molar-refractivity contribution in [2.24, 2.45) is 0 Å². The van der Waals surface area contributed by atoms with Gasteiger partial charge >= 0.3 is 0 Å². The summed E-state index contributed by atoms with van der Waals surface area (Å²) in [6.45, 7) is 7.07. The van der Waals surface area contributed by atoms with Crippen molar-refractivity contribution < 1.29 is 4.74 Å². The Morgan fingerprint density at radius 3 is 2.29 bits per heavy atom. The lowest BCUT2D eigenvalue weighted by molar-refractivity contribution is 0.0374. The Bertz CT molecular complexity index is 1040. The molecule has 1 heterocycles. The van der Waals surface area contributed by atoms with Crippen molar-refractivity contribution in [1.29, 1.82) is 0 Å². The van der Waals surface area contributed by atoms with Crippen LogP contribution >= 0.6 is 12.4 Å². The molecular weight excluding hydrogens is 368 g/mol. The fourth-order valence-electron chi connectivity index (χ4n) is 4.43. The Balaban J connectivity index is 0.00000192. The van der Waals surface area contributed by atoms with Gasteiger partial charge in [-0.2, -0.15) is 0 Å². The lowest BCUT2D eigenvalue weighted by atomic mass is 9.92. The van der Waals surface area contributed by atoms with Gasteiger partial charge in [0.1, 0.15) is 0 Å². The maximum atomic E-state index is 5.42. The summed E-state index contributed by atoms with van der Waals surface area (Å²) in [7, 11) is 0. The summed E-state index contributed by atoms with van der Waals surface area (Å²) >= 11 is 0. The van der Waals surface area contributed by atoms with E-state index in [4.69, 9.17) is 4.74 Å². The van der Waals surface area contributed by atoms with Gasteiger partial charge < -0.3 is 10.1 Å². The zero-order valence-electron chi connectivity index (χ0n) is 16.1. The van der Waals surface area contributed by atoms with E-state index in [2.05, 4.69) is 64.8 Å². The topological polar surface area (TPSA) is 24.5 Å². The molecule has 0 aromatic heterocycles. The molecule has 0 radical (unpaired) electrons. The van der Waals surface area contributed by atoms with Crippen LogP contribution in [0, 0.1) is 0 Å². The van der Waals surface area contributed by atoms with Crippen LogP contribution < -0.4 is 5.32 Å². The van der Waals surface area contributed by atoms with Crippen molar-refractivity contribution in [3.05, 3.63) is 60.2 Å². The van der Waals surface area contributed by atoms with Gasteiger partial charge in [-0.15, -0.1) is 12.4 Å². The summed E-state index contributed by atoms with van der Waals surface area (Å²) in [5.41, 5.74) is 1.40. The molecule has 146 valence electrons. The maximum Gasteiger partial charge on any atom is 0.0594 e. The number of morpholine rings is 1. The van der Waals surface area contributed by atoms with Crippen LogP contribution in [0.15, 0.2) is 54.6 Å². The molecule has 1 fully saturated rings. The first-order valence-electron chi connectivity index (χ1n) is 10.1. The van der Waals surface area contributed by atoms with Gasteiger partial charge in [0.15, 0.2) is 0 Å². The first kappa shape index (κ1) is 19.4. The molecule has 0 saturated carbocycles. The number of nitrogens with zero attached hydrogens (tertiary/aromatic N) is 1. The Kier molecular flexibility index (Phi) is 5.98. The lowest BCUT2D eigenvalue weighted by Gasteiger charge is -2.26. The van der Waals surface area contributed by atoms with Crippen molar-refractivity contribution in [1.82, 2.24) is 10.2 Å². The molecule has 1 aliphatic rings. The first-order chi connectivity index (χ1) is 13.4. The minimum absolute atomic E-state index is 0. The number of hydrogen-bond acceptors (Lipinski definition) is 3. The number of benzene rings is 4. The monoisotopic (exact) mass is 394 g/mol. The summed E-state index contributed by atoms with van der Waals surface area (Å²) < 4.78 is 5.42. The average molecular weight is 395 g/mol. The fourth-order valence-corrected chi connectivity index (χ4v) is 4.43. The van der Waals surface area contributed by atoms with E-state index in [1.165, 1.54) is 44.3 Å². The third-order valence-electron chi connectivity index (χ3n) is 5.87. The van der Waals surface area contributed by atoms with Crippen molar-refractivity contribution in [2.75, 3.05) is 39.4 Å². The molecule has 0 amide bonds. The van der Waals surface area contributed by atoms with E-state index in [0.29, 0.717) is 0 Å². The molecule has 5 rings (SSSR count). The van der Waals surface area contributed by atoms with Gasteiger partial charge in [0.25, 0.3) is 0 Å². The van der Waals surface area contributed by atoms with Crippen molar-refractivity contribution in [3.8, 4) is 0 Å². The summed E-state index contributed by atoms with van der Waals surface area (Å²) in [4.78, 5) is 2.50. The average Bonchev–Trinajstić information content (AvgIpc) is 2.73. The van der Waals surface area contributed by atoms with Crippen LogP contribution in [0.25, 0.3) is 32.3 Å². The molecule has 1 N–H and O–H groups in total. The minimum Gasteiger partial charge on any atom is -0.379 e. The molecule has 28 heavy (non-hydrogen) atoms. The highest BCUT2D eigenvalue weighted by molar-refractivity contribution is 6.23. The van der Waals surface area contributed by atoms with Crippen LogP contribution in [0.5, 0.6) is 0 Å². The molecule has 4 aromatic rings. The molecular formula is C24H27ClN2O. The smallest absolute Gasteiger partial charge is 0.0594 e. The van der Waals surface area contributed by atoms with E-state index in [9.17, 15) is 0 Å². The Morgan fingerprint density at radius 1 is 0.821 bits per heavy atom. The van der Waals surface area contributed by atoms with Gasteiger partial charge in [-0.05, 0) is 57.4 Å². The molecule has 0 atom stereocenters. The van der Waals surface area contributed by atoms with Gasteiger partial charge in [-0.3, -0.25) is 4.90 Å². The van der Waals surface area contributed by atoms with E-state index in [1.807, 2.05) is 0 Å². The van der Waals surface area contributed by atoms with Crippen LogP contribution in [-0.4, -0.2) is 44.3 Å². The summed E-state index contributed by atoms with van der Waals surface area (Å²) in [5, 5.41) is 11.9. The van der Waals surface area contributed by atoms with Crippen LogP contribution in [0.1, 0.15) is 12.0 Å². The van der Waals surface area contributed by atoms with Gasteiger partial charge in [0.05, 0.1) is 13.2 Å². The van der Waals surface area contributed by atoms with Gasteiger partial charge in [-0.1, -0.05) is 54.6 Å².